The number of hydrazone groups is 1. The highest BCUT2D eigenvalue weighted by atomic mass is 32.1. The molecule has 6 heteroatoms. The highest BCUT2D eigenvalue weighted by Crippen LogP contribution is 2.31. The number of rotatable bonds is 7. The molecule has 0 amide bonds. The Morgan fingerprint density at radius 2 is 1.71 bits per heavy atom. The lowest BCUT2D eigenvalue weighted by Gasteiger charge is -2.12. The Balaban J connectivity index is 1.41. The van der Waals surface area contributed by atoms with Crippen molar-refractivity contribution in [3.63, 3.8) is 0 Å². The van der Waals surface area contributed by atoms with Gasteiger partial charge in [-0.25, -0.2) is 9.37 Å². The summed E-state index contributed by atoms with van der Waals surface area (Å²) in [6, 6.07) is 28.6. The molecular formula is C28H22FN3OS. The monoisotopic (exact) mass is 467 g/mol. The van der Waals surface area contributed by atoms with Crippen LogP contribution < -0.4 is 10.2 Å². The molecule has 5 rings (SSSR count). The number of nitrogens with zero attached hydrogens (tertiary/aromatic N) is 2. The fourth-order valence-electron chi connectivity index (χ4n) is 3.77. The molecule has 0 bridgehead atoms. The Bertz CT molecular complexity index is 1460. The fourth-order valence-corrected chi connectivity index (χ4v) is 4.55. The van der Waals surface area contributed by atoms with E-state index in [1.807, 2.05) is 73.7 Å². The molecule has 0 saturated carbocycles. The van der Waals surface area contributed by atoms with Gasteiger partial charge in [-0.05, 0) is 29.8 Å². The maximum atomic E-state index is 14.1. The molecule has 0 aliphatic heterocycles. The van der Waals surface area contributed by atoms with Gasteiger partial charge in [0.1, 0.15) is 18.2 Å². The Labute approximate surface area is 201 Å². The molecule has 1 N–H and O–H groups in total. The standard InChI is InChI=1S/C28H22FN3OS/c1-19-27(21-10-3-2-4-11-21)31-28(34-19)32-30-17-24-23-13-7-5-9-20(23)15-16-26(24)33-18-22-12-6-8-14-25(22)29/h2-17H,18H2,1H3,(H,31,32)/b30-17-. The van der Waals surface area contributed by atoms with E-state index in [1.165, 1.54) is 6.07 Å². The number of nitrogens with one attached hydrogen (secondary N) is 1. The van der Waals surface area contributed by atoms with Gasteiger partial charge >= 0.3 is 0 Å². The van der Waals surface area contributed by atoms with Crippen molar-refractivity contribution in [3.8, 4) is 17.0 Å². The van der Waals surface area contributed by atoms with E-state index < -0.39 is 0 Å². The second kappa shape index (κ2) is 9.85. The maximum Gasteiger partial charge on any atom is 0.204 e. The summed E-state index contributed by atoms with van der Waals surface area (Å²) in [5, 5.41) is 7.24. The molecule has 5 aromatic rings. The first-order valence-electron chi connectivity index (χ1n) is 10.9. The van der Waals surface area contributed by atoms with E-state index in [9.17, 15) is 4.39 Å². The molecule has 0 saturated heterocycles. The van der Waals surface area contributed by atoms with Crippen molar-refractivity contribution in [2.24, 2.45) is 5.10 Å². The zero-order valence-corrected chi connectivity index (χ0v) is 19.4. The number of anilines is 1. The van der Waals surface area contributed by atoms with Crippen molar-refractivity contribution < 1.29 is 9.13 Å². The van der Waals surface area contributed by atoms with Gasteiger partial charge in [0.2, 0.25) is 5.13 Å². The van der Waals surface area contributed by atoms with Gasteiger partial charge in [-0.1, -0.05) is 78.9 Å². The molecule has 168 valence electrons. The van der Waals surface area contributed by atoms with E-state index in [4.69, 9.17) is 9.72 Å². The quantitative estimate of drug-likeness (QED) is 0.200. The van der Waals surface area contributed by atoms with Crippen LogP contribution >= 0.6 is 11.3 Å². The van der Waals surface area contributed by atoms with Gasteiger partial charge in [0.15, 0.2) is 0 Å². The number of ether oxygens (including phenoxy) is 1. The summed E-state index contributed by atoms with van der Waals surface area (Å²) in [6.45, 7) is 2.18. The van der Waals surface area contributed by atoms with Crippen LogP contribution in [0.1, 0.15) is 16.0 Å². The summed E-state index contributed by atoms with van der Waals surface area (Å²) in [4.78, 5) is 5.82. The zero-order valence-electron chi connectivity index (χ0n) is 18.5. The Hall–Kier alpha value is -4.03. The highest BCUT2D eigenvalue weighted by Gasteiger charge is 2.11. The second-order valence-corrected chi connectivity index (χ2v) is 8.94. The number of hydrogen-bond donors (Lipinski definition) is 1. The fraction of sp³-hybridized carbons (Fsp3) is 0.0714. The lowest BCUT2D eigenvalue weighted by Crippen LogP contribution is -2.01. The van der Waals surface area contributed by atoms with E-state index in [0.29, 0.717) is 16.4 Å². The Morgan fingerprint density at radius 1 is 0.941 bits per heavy atom. The molecule has 4 nitrogen and oxygen atoms in total. The maximum absolute atomic E-state index is 14.1. The minimum absolute atomic E-state index is 0.130. The van der Waals surface area contributed by atoms with Crippen molar-refractivity contribution in [3.05, 3.63) is 113 Å². The first-order valence-corrected chi connectivity index (χ1v) is 11.7. The van der Waals surface area contributed by atoms with Crippen LogP contribution in [0.2, 0.25) is 0 Å². The number of hydrogen-bond acceptors (Lipinski definition) is 5. The first kappa shape index (κ1) is 21.8. The molecule has 1 aromatic heterocycles. The van der Waals surface area contributed by atoms with Crippen molar-refractivity contribution in [1.29, 1.82) is 0 Å². The molecular weight excluding hydrogens is 445 g/mol. The number of benzene rings is 4. The van der Waals surface area contributed by atoms with E-state index in [0.717, 1.165) is 32.5 Å². The molecule has 1 heterocycles. The van der Waals surface area contributed by atoms with Crippen LogP contribution in [0.15, 0.2) is 96.1 Å². The normalized spacial score (nSPS) is 11.2. The summed E-state index contributed by atoms with van der Waals surface area (Å²) in [7, 11) is 0. The van der Waals surface area contributed by atoms with Crippen molar-refractivity contribution in [1.82, 2.24) is 4.98 Å². The third-order valence-electron chi connectivity index (χ3n) is 5.47. The Kier molecular flexibility index (Phi) is 6.31. The predicted octanol–water partition coefficient (Wildman–Crippen LogP) is 7.44. The van der Waals surface area contributed by atoms with Gasteiger partial charge in [0.25, 0.3) is 0 Å². The highest BCUT2D eigenvalue weighted by molar-refractivity contribution is 7.16. The summed E-state index contributed by atoms with van der Waals surface area (Å²) >= 11 is 1.55. The summed E-state index contributed by atoms with van der Waals surface area (Å²) in [6.07, 6.45) is 1.73. The van der Waals surface area contributed by atoms with Crippen LogP contribution in [0.4, 0.5) is 9.52 Å². The van der Waals surface area contributed by atoms with Crippen LogP contribution in [0, 0.1) is 12.7 Å². The van der Waals surface area contributed by atoms with Gasteiger partial charge in [-0.3, -0.25) is 5.43 Å². The van der Waals surface area contributed by atoms with Crippen LogP contribution in [0.5, 0.6) is 5.75 Å². The van der Waals surface area contributed by atoms with Crippen LogP contribution in [0.3, 0.4) is 0 Å². The van der Waals surface area contributed by atoms with E-state index >= 15 is 0 Å². The first-order chi connectivity index (χ1) is 16.7. The molecule has 0 aliphatic rings. The number of thiazole rings is 1. The summed E-state index contributed by atoms with van der Waals surface area (Å²) in [5.41, 5.74) is 6.40. The SMILES string of the molecule is Cc1sc(N/N=C\c2c(OCc3ccccc3F)ccc3ccccc23)nc1-c1ccccc1. The van der Waals surface area contributed by atoms with E-state index in [2.05, 4.69) is 10.5 Å². The average molecular weight is 468 g/mol. The Morgan fingerprint density at radius 3 is 2.56 bits per heavy atom. The van der Waals surface area contributed by atoms with Crippen LogP contribution in [-0.4, -0.2) is 11.2 Å². The lowest BCUT2D eigenvalue weighted by molar-refractivity contribution is 0.300. The van der Waals surface area contributed by atoms with Gasteiger partial charge in [0, 0.05) is 21.6 Å². The van der Waals surface area contributed by atoms with Gasteiger partial charge in [-0.2, -0.15) is 5.10 Å². The number of fused-ring (bicyclic) bond motifs is 1. The zero-order chi connectivity index (χ0) is 23.3. The number of halogens is 1. The minimum Gasteiger partial charge on any atom is -0.488 e. The molecule has 0 spiro atoms. The lowest BCUT2D eigenvalue weighted by atomic mass is 10.0. The molecule has 0 unspecified atom stereocenters. The van der Waals surface area contributed by atoms with Crippen LogP contribution in [-0.2, 0) is 6.61 Å². The summed E-state index contributed by atoms with van der Waals surface area (Å²) < 4.78 is 20.1. The summed E-state index contributed by atoms with van der Waals surface area (Å²) in [5.74, 6) is 0.348. The predicted molar refractivity (Wildman–Crippen MR) is 138 cm³/mol. The van der Waals surface area contributed by atoms with E-state index in [1.54, 1.807) is 35.8 Å². The third-order valence-corrected chi connectivity index (χ3v) is 6.34. The molecule has 0 atom stereocenters. The van der Waals surface area contributed by atoms with Gasteiger partial charge in [0.05, 0.1) is 11.9 Å². The number of aryl methyl sites for hydroxylation is 1. The molecule has 4 aromatic carbocycles. The molecule has 0 radical (unpaired) electrons. The van der Waals surface area contributed by atoms with Crippen molar-refractivity contribution in [2.75, 3.05) is 5.43 Å². The molecule has 34 heavy (non-hydrogen) atoms. The van der Waals surface area contributed by atoms with Crippen molar-refractivity contribution in [2.45, 2.75) is 13.5 Å². The largest absolute Gasteiger partial charge is 0.488 e. The van der Waals surface area contributed by atoms with E-state index in [-0.39, 0.29) is 12.4 Å². The minimum atomic E-state index is -0.284. The topological polar surface area (TPSA) is 46.5 Å². The van der Waals surface area contributed by atoms with Crippen LogP contribution in [0.25, 0.3) is 22.0 Å². The second-order valence-electron chi connectivity index (χ2n) is 7.74. The van der Waals surface area contributed by atoms with Gasteiger partial charge < -0.3 is 4.74 Å². The average Bonchev–Trinajstić information content (AvgIpc) is 3.25. The number of aromatic nitrogens is 1. The molecule has 0 aliphatic carbocycles. The van der Waals surface area contributed by atoms with Crippen molar-refractivity contribution >= 4 is 33.5 Å². The third kappa shape index (κ3) is 4.67. The molecule has 0 fully saturated rings. The van der Waals surface area contributed by atoms with Gasteiger partial charge in [-0.15, -0.1) is 11.3 Å². The smallest absolute Gasteiger partial charge is 0.204 e.